The Morgan fingerprint density at radius 3 is 2.62 bits per heavy atom. The van der Waals surface area contributed by atoms with Crippen LogP contribution in [0.3, 0.4) is 0 Å². The molecular weight excluding hydrogens is 266 g/mol. The Kier molecular flexibility index (Phi) is 5.76. The molecule has 6 nitrogen and oxygen atoms in total. The van der Waals surface area contributed by atoms with E-state index in [1.165, 1.54) is 0 Å². The van der Waals surface area contributed by atoms with Crippen LogP contribution in [0.15, 0.2) is 0 Å². The number of aryl methyl sites for hydroxylation is 1. The van der Waals surface area contributed by atoms with E-state index in [1.807, 2.05) is 6.92 Å². The van der Waals surface area contributed by atoms with E-state index in [0.717, 1.165) is 62.8 Å². The predicted octanol–water partition coefficient (Wildman–Crippen LogP) is 1.45. The molecule has 6 heteroatoms. The molecule has 0 radical (unpaired) electrons. The van der Waals surface area contributed by atoms with E-state index in [1.54, 1.807) is 0 Å². The fourth-order valence-electron chi connectivity index (χ4n) is 2.88. The van der Waals surface area contributed by atoms with Crippen molar-refractivity contribution in [3.63, 3.8) is 0 Å². The average Bonchev–Trinajstić information content (AvgIpc) is 2.48. The van der Waals surface area contributed by atoms with Crippen LogP contribution in [0.1, 0.15) is 31.5 Å². The van der Waals surface area contributed by atoms with Crippen molar-refractivity contribution in [1.29, 1.82) is 0 Å². The molecule has 0 aromatic carbocycles. The lowest BCUT2D eigenvalue weighted by Gasteiger charge is -2.34. The molecule has 1 aromatic heterocycles. The van der Waals surface area contributed by atoms with Crippen LogP contribution in [0.4, 0.5) is 11.8 Å². The molecular formula is C15H27N5O. The van der Waals surface area contributed by atoms with Crippen LogP contribution in [-0.4, -0.2) is 53.8 Å². The lowest BCUT2D eigenvalue weighted by Crippen LogP contribution is -2.46. The molecule has 0 spiro atoms. The molecule has 0 bridgehead atoms. The number of ether oxygens (including phenoxy) is 1. The smallest absolute Gasteiger partial charge is 0.222 e. The fraction of sp³-hybridized carbons (Fsp3) is 0.733. The van der Waals surface area contributed by atoms with Gasteiger partial charge >= 0.3 is 0 Å². The molecule has 3 N–H and O–H groups in total. The number of nitrogens with two attached hydrogens (primary N) is 1. The van der Waals surface area contributed by atoms with Crippen LogP contribution >= 0.6 is 0 Å². The molecule has 118 valence electrons. The number of nitrogens with one attached hydrogen (secondary N) is 1. The highest BCUT2D eigenvalue weighted by Crippen LogP contribution is 2.18. The summed E-state index contributed by atoms with van der Waals surface area (Å²) in [6, 6.07) is 0.495. The van der Waals surface area contributed by atoms with Gasteiger partial charge in [-0.15, -0.1) is 0 Å². The summed E-state index contributed by atoms with van der Waals surface area (Å²) in [5.74, 6) is 1.22. The molecule has 0 aliphatic carbocycles. The summed E-state index contributed by atoms with van der Waals surface area (Å²) in [6.45, 7) is 10.9. The third-order valence-electron chi connectivity index (χ3n) is 4.12. The largest absolute Gasteiger partial charge is 0.379 e. The van der Waals surface area contributed by atoms with E-state index < -0.39 is 0 Å². The molecule has 1 aromatic rings. The number of aromatic nitrogens is 2. The van der Waals surface area contributed by atoms with Gasteiger partial charge in [-0.25, -0.2) is 4.98 Å². The fourth-order valence-corrected chi connectivity index (χ4v) is 2.88. The second-order valence-corrected chi connectivity index (χ2v) is 5.44. The zero-order valence-electron chi connectivity index (χ0n) is 13.4. The van der Waals surface area contributed by atoms with Gasteiger partial charge < -0.3 is 15.8 Å². The van der Waals surface area contributed by atoms with E-state index >= 15 is 0 Å². The van der Waals surface area contributed by atoms with Crippen molar-refractivity contribution < 1.29 is 4.74 Å². The summed E-state index contributed by atoms with van der Waals surface area (Å²) in [6.07, 6.45) is 2.01. The maximum atomic E-state index is 5.78. The van der Waals surface area contributed by atoms with Gasteiger partial charge in [-0.1, -0.05) is 13.8 Å². The second-order valence-electron chi connectivity index (χ2n) is 5.44. The van der Waals surface area contributed by atoms with Gasteiger partial charge in [0.2, 0.25) is 5.95 Å². The molecule has 0 saturated carbocycles. The minimum absolute atomic E-state index is 0.339. The molecule has 0 unspecified atom stereocenters. The van der Waals surface area contributed by atoms with Crippen LogP contribution < -0.4 is 11.1 Å². The molecule has 0 amide bonds. The Bertz CT molecular complexity index is 460. The summed E-state index contributed by atoms with van der Waals surface area (Å²) < 4.78 is 5.43. The standard InChI is InChI=1S/C15H27N5O/c1-4-12(20-6-8-21-9-7-20)10-17-14-13(5-2)11(3)18-15(16)19-14/h12H,4-10H2,1-3H3,(H3,16,17,18,19)/t12-/m0/s1. The first-order valence-corrected chi connectivity index (χ1v) is 7.84. The van der Waals surface area contributed by atoms with Crippen molar-refractivity contribution in [2.75, 3.05) is 43.9 Å². The highest BCUT2D eigenvalue weighted by Gasteiger charge is 2.20. The van der Waals surface area contributed by atoms with E-state index in [9.17, 15) is 0 Å². The van der Waals surface area contributed by atoms with Gasteiger partial charge in [0.25, 0.3) is 0 Å². The number of hydrogen-bond donors (Lipinski definition) is 2. The van der Waals surface area contributed by atoms with Crippen LogP contribution in [0.25, 0.3) is 0 Å². The van der Waals surface area contributed by atoms with Crippen molar-refractivity contribution in [2.24, 2.45) is 0 Å². The zero-order chi connectivity index (χ0) is 15.2. The van der Waals surface area contributed by atoms with Crippen molar-refractivity contribution in [3.05, 3.63) is 11.3 Å². The van der Waals surface area contributed by atoms with Gasteiger partial charge in [0.15, 0.2) is 0 Å². The Hall–Kier alpha value is -1.40. The van der Waals surface area contributed by atoms with Gasteiger partial charge in [0.05, 0.1) is 13.2 Å². The van der Waals surface area contributed by atoms with E-state index in [-0.39, 0.29) is 0 Å². The first-order valence-electron chi connectivity index (χ1n) is 7.84. The van der Waals surface area contributed by atoms with Gasteiger partial charge in [-0.2, -0.15) is 4.98 Å². The minimum Gasteiger partial charge on any atom is -0.379 e. The number of morpholine rings is 1. The van der Waals surface area contributed by atoms with Crippen molar-refractivity contribution in [3.8, 4) is 0 Å². The van der Waals surface area contributed by atoms with E-state index in [2.05, 4.69) is 34.0 Å². The second kappa shape index (κ2) is 7.56. The highest BCUT2D eigenvalue weighted by atomic mass is 16.5. The molecule has 1 atom stereocenters. The highest BCUT2D eigenvalue weighted by molar-refractivity contribution is 5.49. The van der Waals surface area contributed by atoms with Gasteiger partial charge in [-0.3, -0.25) is 4.90 Å². The summed E-state index contributed by atoms with van der Waals surface area (Å²) in [4.78, 5) is 11.1. The normalized spacial score (nSPS) is 17.7. The van der Waals surface area contributed by atoms with Crippen molar-refractivity contribution >= 4 is 11.8 Å². The minimum atomic E-state index is 0.339. The van der Waals surface area contributed by atoms with Crippen LogP contribution in [0, 0.1) is 6.92 Å². The Morgan fingerprint density at radius 1 is 1.29 bits per heavy atom. The Balaban J connectivity index is 2.03. The molecule has 1 aliphatic rings. The quantitative estimate of drug-likeness (QED) is 0.827. The maximum Gasteiger partial charge on any atom is 0.222 e. The first kappa shape index (κ1) is 16.0. The number of nitrogen functional groups attached to an aromatic ring is 1. The monoisotopic (exact) mass is 293 g/mol. The number of rotatable bonds is 6. The topological polar surface area (TPSA) is 76.3 Å². The van der Waals surface area contributed by atoms with Gasteiger partial charge in [0.1, 0.15) is 5.82 Å². The summed E-state index contributed by atoms with van der Waals surface area (Å²) in [5, 5.41) is 3.48. The predicted molar refractivity (Wildman–Crippen MR) is 85.5 cm³/mol. The van der Waals surface area contributed by atoms with Gasteiger partial charge in [0, 0.05) is 36.9 Å². The van der Waals surface area contributed by atoms with Gasteiger partial charge in [-0.05, 0) is 19.8 Å². The third kappa shape index (κ3) is 4.04. The average molecular weight is 293 g/mol. The van der Waals surface area contributed by atoms with Crippen LogP contribution in [-0.2, 0) is 11.2 Å². The summed E-state index contributed by atoms with van der Waals surface area (Å²) >= 11 is 0. The maximum absolute atomic E-state index is 5.78. The van der Waals surface area contributed by atoms with Crippen LogP contribution in [0.2, 0.25) is 0 Å². The van der Waals surface area contributed by atoms with Crippen molar-refractivity contribution in [2.45, 2.75) is 39.7 Å². The Morgan fingerprint density at radius 2 is 2.00 bits per heavy atom. The summed E-state index contributed by atoms with van der Waals surface area (Å²) in [5.41, 5.74) is 7.89. The summed E-state index contributed by atoms with van der Waals surface area (Å²) in [7, 11) is 0. The SMILES string of the molecule is CCc1c(C)nc(N)nc1NC[C@H](CC)N1CCOCC1. The first-order chi connectivity index (χ1) is 10.2. The lowest BCUT2D eigenvalue weighted by molar-refractivity contribution is 0.0184. The van der Waals surface area contributed by atoms with E-state index in [0.29, 0.717) is 12.0 Å². The zero-order valence-corrected chi connectivity index (χ0v) is 13.4. The molecule has 2 heterocycles. The molecule has 1 fully saturated rings. The molecule has 1 aliphatic heterocycles. The van der Waals surface area contributed by atoms with Crippen molar-refractivity contribution in [1.82, 2.24) is 14.9 Å². The molecule has 21 heavy (non-hydrogen) atoms. The Labute approximate surface area is 127 Å². The lowest BCUT2D eigenvalue weighted by atomic mass is 10.1. The number of nitrogens with zero attached hydrogens (tertiary/aromatic N) is 3. The van der Waals surface area contributed by atoms with E-state index in [4.69, 9.17) is 10.5 Å². The molecule has 2 rings (SSSR count). The van der Waals surface area contributed by atoms with Crippen LogP contribution in [0.5, 0.6) is 0 Å². The third-order valence-corrected chi connectivity index (χ3v) is 4.12. The number of anilines is 2. The number of hydrogen-bond acceptors (Lipinski definition) is 6. The molecule has 1 saturated heterocycles.